The second kappa shape index (κ2) is 8.33. The number of rotatable bonds is 5. The van der Waals surface area contributed by atoms with Crippen LogP contribution in [0.15, 0.2) is 54.7 Å². The van der Waals surface area contributed by atoms with Gasteiger partial charge in [-0.1, -0.05) is 23.7 Å². The first-order chi connectivity index (χ1) is 13.3. The molecule has 1 aliphatic rings. The van der Waals surface area contributed by atoms with Gasteiger partial charge in [0.1, 0.15) is 5.82 Å². The summed E-state index contributed by atoms with van der Waals surface area (Å²) in [5.41, 5.74) is 7.53. The van der Waals surface area contributed by atoms with Crippen molar-refractivity contribution in [2.45, 2.75) is 31.8 Å². The summed E-state index contributed by atoms with van der Waals surface area (Å²) in [6.07, 6.45) is 4.13. The van der Waals surface area contributed by atoms with E-state index < -0.39 is 0 Å². The van der Waals surface area contributed by atoms with Gasteiger partial charge in [-0.05, 0) is 56.2 Å². The number of carbonyl (C=O) groups is 1. The van der Waals surface area contributed by atoms with E-state index in [1.165, 1.54) is 12.1 Å². The molecule has 0 spiro atoms. The molecule has 1 saturated heterocycles. The zero-order valence-corrected chi connectivity index (χ0v) is 16.8. The van der Waals surface area contributed by atoms with Crippen LogP contribution in [0.5, 0.6) is 0 Å². The fraction of sp³-hybridized carbons (Fsp3) is 0.318. The lowest BCUT2D eigenvalue weighted by Gasteiger charge is -2.47. The van der Waals surface area contributed by atoms with Gasteiger partial charge >= 0.3 is 0 Å². The highest BCUT2D eigenvalue weighted by molar-refractivity contribution is 6.31. The van der Waals surface area contributed by atoms with E-state index in [1.807, 2.05) is 6.20 Å². The lowest BCUT2D eigenvalue weighted by atomic mass is 9.88. The lowest BCUT2D eigenvalue weighted by Crippen LogP contribution is -2.61. The SMILES string of the molecule is C[C@H]1CN(C=CC(=O)c2ccc(Cl)cc2N)[C@](C)(Cc2ccc(F)cc2)CN1. The highest BCUT2D eigenvalue weighted by Gasteiger charge is 2.35. The van der Waals surface area contributed by atoms with Crippen molar-refractivity contribution in [3.05, 3.63) is 76.7 Å². The van der Waals surface area contributed by atoms with Gasteiger partial charge in [-0.25, -0.2) is 4.39 Å². The molecule has 0 unspecified atom stereocenters. The molecule has 3 N–H and O–H groups in total. The van der Waals surface area contributed by atoms with Gasteiger partial charge in [-0.2, -0.15) is 0 Å². The van der Waals surface area contributed by atoms with Gasteiger partial charge in [-0.15, -0.1) is 0 Å². The van der Waals surface area contributed by atoms with Crippen molar-refractivity contribution >= 4 is 23.1 Å². The van der Waals surface area contributed by atoms with Crippen molar-refractivity contribution in [1.82, 2.24) is 10.2 Å². The molecule has 0 radical (unpaired) electrons. The van der Waals surface area contributed by atoms with Crippen molar-refractivity contribution in [3.8, 4) is 0 Å². The molecule has 3 rings (SSSR count). The number of anilines is 1. The number of piperazine rings is 1. The van der Waals surface area contributed by atoms with Crippen LogP contribution in [0.1, 0.15) is 29.8 Å². The number of nitrogens with one attached hydrogen (secondary N) is 1. The second-order valence-electron chi connectivity index (χ2n) is 7.65. The average molecular weight is 402 g/mol. The predicted molar refractivity (Wildman–Crippen MR) is 112 cm³/mol. The molecule has 2 aromatic carbocycles. The molecule has 4 nitrogen and oxygen atoms in total. The summed E-state index contributed by atoms with van der Waals surface area (Å²) >= 11 is 5.91. The van der Waals surface area contributed by atoms with E-state index in [0.717, 1.165) is 25.1 Å². The van der Waals surface area contributed by atoms with Crippen molar-refractivity contribution in [2.24, 2.45) is 0 Å². The Bertz CT molecular complexity index is 884. The minimum absolute atomic E-state index is 0.163. The Kier molecular flexibility index (Phi) is 6.06. The minimum atomic E-state index is -0.243. The number of ketones is 1. The molecule has 0 aromatic heterocycles. The van der Waals surface area contributed by atoms with E-state index in [1.54, 1.807) is 36.4 Å². The third-order valence-corrected chi connectivity index (χ3v) is 5.41. The van der Waals surface area contributed by atoms with Crippen LogP contribution in [0, 0.1) is 5.82 Å². The zero-order chi connectivity index (χ0) is 20.3. The fourth-order valence-electron chi connectivity index (χ4n) is 3.53. The third kappa shape index (κ3) is 4.72. The van der Waals surface area contributed by atoms with E-state index in [2.05, 4.69) is 24.1 Å². The Balaban J connectivity index is 1.80. The number of nitrogen functional groups attached to an aromatic ring is 1. The predicted octanol–water partition coefficient (Wildman–Crippen LogP) is 4.05. The summed E-state index contributed by atoms with van der Waals surface area (Å²) < 4.78 is 13.2. The van der Waals surface area contributed by atoms with Crippen LogP contribution in [0.25, 0.3) is 0 Å². The molecular formula is C22H25ClFN3O. The van der Waals surface area contributed by atoms with Gasteiger partial charge in [0.05, 0.1) is 5.54 Å². The summed E-state index contributed by atoms with van der Waals surface area (Å²) in [7, 11) is 0. The summed E-state index contributed by atoms with van der Waals surface area (Å²) in [6, 6.07) is 11.7. The lowest BCUT2D eigenvalue weighted by molar-refractivity contribution is 0.0993. The number of halogens is 2. The van der Waals surface area contributed by atoms with Crippen LogP contribution in [-0.2, 0) is 6.42 Å². The normalized spacial score (nSPS) is 22.6. The third-order valence-electron chi connectivity index (χ3n) is 5.18. The van der Waals surface area contributed by atoms with Gasteiger partial charge < -0.3 is 16.0 Å². The maximum Gasteiger partial charge on any atom is 0.189 e. The molecular weight excluding hydrogens is 377 g/mol. The smallest absolute Gasteiger partial charge is 0.189 e. The van der Waals surface area contributed by atoms with Crippen LogP contribution < -0.4 is 11.1 Å². The Morgan fingerprint density at radius 1 is 1.36 bits per heavy atom. The summed E-state index contributed by atoms with van der Waals surface area (Å²) in [5, 5.41) is 4.00. The monoisotopic (exact) mass is 401 g/mol. The van der Waals surface area contributed by atoms with E-state index in [0.29, 0.717) is 22.3 Å². The molecule has 1 aliphatic heterocycles. The average Bonchev–Trinajstić information content (AvgIpc) is 2.64. The first-order valence-electron chi connectivity index (χ1n) is 9.29. The quantitative estimate of drug-likeness (QED) is 0.450. The number of carbonyl (C=O) groups excluding carboxylic acids is 1. The fourth-order valence-corrected chi connectivity index (χ4v) is 3.71. The minimum Gasteiger partial charge on any atom is -0.398 e. The Morgan fingerprint density at radius 3 is 2.75 bits per heavy atom. The van der Waals surface area contributed by atoms with Crippen molar-refractivity contribution in [3.63, 3.8) is 0 Å². The number of hydrogen-bond acceptors (Lipinski definition) is 4. The summed E-state index contributed by atoms with van der Waals surface area (Å²) in [4.78, 5) is 14.8. The molecule has 0 saturated carbocycles. The molecule has 1 heterocycles. The number of nitrogens with zero attached hydrogens (tertiary/aromatic N) is 1. The number of nitrogens with two attached hydrogens (primary N) is 1. The van der Waals surface area contributed by atoms with Crippen LogP contribution >= 0.6 is 11.6 Å². The molecule has 0 amide bonds. The van der Waals surface area contributed by atoms with E-state index in [-0.39, 0.29) is 17.1 Å². The van der Waals surface area contributed by atoms with Crippen molar-refractivity contribution in [2.75, 3.05) is 18.8 Å². The Hall–Kier alpha value is -2.37. The number of hydrogen-bond donors (Lipinski definition) is 2. The summed E-state index contributed by atoms with van der Waals surface area (Å²) in [5.74, 6) is -0.406. The summed E-state index contributed by atoms with van der Waals surface area (Å²) in [6.45, 7) is 5.77. The Labute approximate surface area is 170 Å². The molecule has 2 aromatic rings. The van der Waals surface area contributed by atoms with Gasteiger partial charge in [0.2, 0.25) is 0 Å². The second-order valence-corrected chi connectivity index (χ2v) is 8.08. The molecule has 28 heavy (non-hydrogen) atoms. The number of allylic oxidation sites excluding steroid dienone is 1. The highest BCUT2D eigenvalue weighted by Crippen LogP contribution is 2.25. The molecule has 148 valence electrons. The van der Waals surface area contributed by atoms with E-state index in [9.17, 15) is 9.18 Å². The maximum absolute atomic E-state index is 13.2. The standard InChI is InChI=1S/C22H25ClFN3O/c1-15-13-27(10-9-21(28)19-8-5-17(23)11-20(19)25)22(2,14-26-15)12-16-3-6-18(24)7-4-16/h3-11,15,26H,12-14,25H2,1-2H3/t15-,22+/m0/s1. The van der Waals surface area contributed by atoms with Gasteiger partial charge in [-0.3, -0.25) is 4.79 Å². The maximum atomic E-state index is 13.2. The van der Waals surface area contributed by atoms with Crippen molar-refractivity contribution < 1.29 is 9.18 Å². The highest BCUT2D eigenvalue weighted by atomic mass is 35.5. The number of benzene rings is 2. The molecule has 0 bridgehead atoms. The zero-order valence-electron chi connectivity index (χ0n) is 16.1. The van der Waals surface area contributed by atoms with Gasteiger partial charge in [0.15, 0.2) is 5.78 Å². The molecule has 6 heteroatoms. The molecule has 0 aliphatic carbocycles. The topological polar surface area (TPSA) is 58.4 Å². The molecule has 1 fully saturated rings. The van der Waals surface area contributed by atoms with E-state index >= 15 is 0 Å². The molecule has 2 atom stereocenters. The first-order valence-corrected chi connectivity index (χ1v) is 9.67. The Morgan fingerprint density at radius 2 is 2.07 bits per heavy atom. The van der Waals surface area contributed by atoms with Crippen LogP contribution in [-0.4, -0.2) is 35.4 Å². The largest absolute Gasteiger partial charge is 0.398 e. The van der Waals surface area contributed by atoms with Crippen molar-refractivity contribution in [1.29, 1.82) is 0 Å². The van der Waals surface area contributed by atoms with Gasteiger partial charge in [0, 0.05) is 47.7 Å². The van der Waals surface area contributed by atoms with Crippen LogP contribution in [0.3, 0.4) is 0 Å². The van der Waals surface area contributed by atoms with Crippen LogP contribution in [0.2, 0.25) is 5.02 Å². The first kappa shape index (κ1) is 20.4. The van der Waals surface area contributed by atoms with Crippen LogP contribution in [0.4, 0.5) is 10.1 Å². The van der Waals surface area contributed by atoms with E-state index in [4.69, 9.17) is 17.3 Å². The van der Waals surface area contributed by atoms with Gasteiger partial charge in [0.25, 0.3) is 0 Å².